The van der Waals surface area contributed by atoms with Crippen LogP contribution in [0.4, 0.5) is 0 Å². The van der Waals surface area contributed by atoms with Gasteiger partial charge in [0.25, 0.3) is 0 Å². The minimum Gasteiger partial charge on any atom is -0.494 e. The Kier molecular flexibility index (Phi) is 5.85. The molecule has 0 unspecified atom stereocenters. The highest BCUT2D eigenvalue weighted by molar-refractivity contribution is 5.90. The summed E-state index contributed by atoms with van der Waals surface area (Å²) in [4.78, 5) is 22.2. The average molecular weight is 266 g/mol. The van der Waals surface area contributed by atoms with E-state index in [0.29, 0.717) is 30.9 Å². The van der Waals surface area contributed by atoms with Gasteiger partial charge in [-0.05, 0) is 38.0 Å². The Labute approximate surface area is 112 Å². The van der Waals surface area contributed by atoms with Crippen molar-refractivity contribution >= 4 is 11.9 Å². The van der Waals surface area contributed by atoms with Crippen molar-refractivity contribution in [1.82, 2.24) is 0 Å². The molecular formula is C14H18O5. The van der Waals surface area contributed by atoms with Crippen LogP contribution < -0.4 is 4.74 Å². The van der Waals surface area contributed by atoms with Crippen LogP contribution in [-0.2, 0) is 16.0 Å². The van der Waals surface area contributed by atoms with E-state index >= 15 is 0 Å². The van der Waals surface area contributed by atoms with E-state index in [0.717, 1.165) is 5.56 Å². The van der Waals surface area contributed by atoms with Gasteiger partial charge >= 0.3 is 11.9 Å². The van der Waals surface area contributed by atoms with Crippen molar-refractivity contribution in [3.63, 3.8) is 0 Å². The Morgan fingerprint density at radius 2 is 1.95 bits per heavy atom. The normalized spacial score (nSPS) is 10.0. The summed E-state index contributed by atoms with van der Waals surface area (Å²) in [5.74, 6) is -0.737. The summed E-state index contributed by atoms with van der Waals surface area (Å²) in [7, 11) is 0. The zero-order chi connectivity index (χ0) is 14.3. The molecule has 0 atom stereocenters. The summed E-state index contributed by atoms with van der Waals surface area (Å²) in [6.45, 7) is 4.33. The topological polar surface area (TPSA) is 72.8 Å². The zero-order valence-corrected chi connectivity index (χ0v) is 11.1. The molecule has 0 aromatic heterocycles. The molecule has 1 aromatic rings. The SMILES string of the molecule is CCOC(=O)c1ccc(CCC(=O)O)c(OCC)c1. The minimum atomic E-state index is -0.864. The Hall–Kier alpha value is -2.04. The zero-order valence-electron chi connectivity index (χ0n) is 11.1. The molecular weight excluding hydrogens is 248 g/mol. The van der Waals surface area contributed by atoms with Crippen LogP contribution in [0.5, 0.6) is 5.75 Å². The van der Waals surface area contributed by atoms with Gasteiger partial charge < -0.3 is 14.6 Å². The predicted molar refractivity (Wildman–Crippen MR) is 69.5 cm³/mol. The average Bonchev–Trinajstić information content (AvgIpc) is 2.37. The van der Waals surface area contributed by atoms with E-state index in [9.17, 15) is 9.59 Å². The monoisotopic (exact) mass is 266 g/mol. The van der Waals surface area contributed by atoms with Gasteiger partial charge in [-0.2, -0.15) is 0 Å². The van der Waals surface area contributed by atoms with Crippen molar-refractivity contribution in [2.75, 3.05) is 13.2 Å². The molecule has 0 aliphatic rings. The van der Waals surface area contributed by atoms with Crippen LogP contribution in [0.2, 0.25) is 0 Å². The maximum absolute atomic E-state index is 11.6. The fourth-order valence-electron chi connectivity index (χ4n) is 1.63. The number of aliphatic carboxylic acids is 1. The molecule has 0 radical (unpaired) electrons. The van der Waals surface area contributed by atoms with Crippen molar-refractivity contribution in [2.45, 2.75) is 26.7 Å². The smallest absolute Gasteiger partial charge is 0.338 e. The van der Waals surface area contributed by atoms with Crippen LogP contribution in [0.3, 0.4) is 0 Å². The number of carboxylic acid groups (broad SMARTS) is 1. The fraction of sp³-hybridized carbons (Fsp3) is 0.429. The van der Waals surface area contributed by atoms with Gasteiger partial charge in [-0.15, -0.1) is 0 Å². The van der Waals surface area contributed by atoms with E-state index in [4.69, 9.17) is 14.6 Å². The molecule has 1 aromatic carbocycles. The molecule has 0 saturated carbocycles. The predicted octanol–water partition coefficient (Wildman–Crippen LogP) is 2.28. The molecule has 0 amide bonds. The number of aryl methyl sites for hydroxylation is 1. The van der Waals surface area contributed by atoms with Gasteiger partial charge in [0.05, 0.1) is 18.8 Å². The third kappa shape index (κ3) is 4.62. The third-order valence-electron chi connectivity index (χ3n) is 2.49. The number of esters is 1. The maximum atomic E-state index is 11.6. The lowest BCUT2D eigenvalue weighted by Crippen LogP contribution is -2.07. The van der Waals surface area contributed by atoms with E-state index in [1.54, 1.807) is 25.1 Å². The van der Waals surface area contributed by atoms with Gasteiger partial charge in [0, 0.05) is 6.42 Å². The standard InChI is InChI=1S/C14H18O5/c1-3-18-12-9-11(14(17)19-4-2)6-5-10(12)7-8-13(15)16/h5-6,9H,3-4,7-8H2,1-2H3,(H,15,16). The molecule has 0 spiro atoms. The second-order valence-corrected chi connectivity index (χ2v) is 3.87. The van der Waals surface area contributed by atoms with Crippen LogP contribution in [0, 0.1) is 0 Å². The van der Waals surface area contributed by atoms with Gasteiger partial charge in [0.1, 0.15) is 5.75 Å². The number of hydrogen-bond donors (Lipinski definition) is 1. The number of carboxylic acids is 1. The molecule has 0 fully saturated rings. The second-order valence-electron chi connectivity index (χ2n) is 3.87. The van der Waals surface area contributed by atoms with Crippen LogP contribution in [0.1, 0.15) is 36.2 Å². The van der Waals surface area contributed by atoms with E-state index in [1.807, 2.05) is 6.92 Å². The van der Waals surface area contributed by atoms with E-state index < -0.39 is 11.9 Å². The molecule has 0 aliphatic carbocycles. The highest BCUT2D eigenvalue weighted by Crippen LogP contribution is 2.22. The van der Waals surface area contributed by atoms with E-state index in [1.165, 1.54) is 0 Å². The molecule has 1 N–H and O–H groups in total. The Morgan fingerprint density at radius 3 is 2.53 bits per heavy atom. The van der Waals surface area contributed by atoms with Gasteiger partial charge in [-0.1, -0.05) is 6.07 Å². The third-order valence-corrected chi connectivity index (χ3v) is 2.49. The van der Waals surface area contributed by atoms with Crippen molar-refractivity contribution in [1.29, 1.82) is 0 Å². The first-order valence-electron chi connectivity index (χ1n) is 6.23. The Balaban J connectivity index is 2.93. The van der Waals surface area contributed by atoms with Crippen LogP contribution in [0.25, 0.3) is 0 Å². The summed E-state index contributed by atoms with van der Waals surface area (Å²) < 4.78 is 10.3. The molecule has 1 rings (SSSR count). The van der Waals surface area contributed by atoms with E-state index in [-0.39, 0.29) is 6.42 Å². The van der Waals surface area contributed by atoms with E-state index in [2.05, 4.69) is 0 Å². The largest absolute Gasteiger partial charge is 0.494 e. The van der Waals surface area contributed by atoms with Crippen LogP contribution in [0.15, 0.2) is 18.2 Å². The van der Waals surface area contributed by atoms with Crippen molar-refractivity contribution in [3.8, 4) is 5.75 Å². The molecule has 19 heavy (non-hydrogen) atoms. The molecule has 0 saturated heterocycles. The minimum absolute atomic E-state index is 0.0266. The Morgan fingerprint density at radius 1 is 1.21 bits per heavy atom. The summed E-state index contributed by atoms with van der Waals surface area (Å²) >= 11 is 0. The molecule has 0 bridgehead atoms. The van der Waals surface area contributed by atoms with Gasteiger partial charge in [-0.25, -0.2) is 4.79 Å². The first kappa shape index (κ1) is 15.0. The quantitative estimate of drug-likeness (QED) is 0.766. The number of benzene rings is 1. The van der Waals surface area contributed by atoms with Crippen molar-refractivity contribution < 1.29 is 24.2 Å². The number of carbonyl (C=O) groups is 2. The number of hydrogen-bond acceptors (Lipinski definition) is 4. The molecule has 0 heterocycles. The number of ether oxygens (including phenoxy) is 2. The van der Waals surface area contributed by atoms with Crippen molar-refractivity contribution in [3.05, 3.63) is 29.3 Å². The highest BCUT2D eigenvalue weighted by Gasteiger charge is 2.12. The molecule has 104 valence electrons. The lowest BCUT2D eigenvalue weighted by Gasteiger charge is -2.11. The molecule has 0 aliphatic heterocycles. The van der Waals surface area contributed by atoms with Gasteiger partial charge in [0.15, 0.2) is 0 Å². The summed E-state index contributed by atoms with van der Waals surface area (Å²) in [5, 5.41) is 8.69. The van der Waals surface area contributed by atoms with Crippen molar-refractivity contribution in [2.24, 2.45) is 0 Å². The van der Waals surface area contributed by atoms with Crippen LogP contribution >= 0.6 is 0 Å². The maximum Gasteiger partial charge on any atom is 0.338 e. The van der Waals surface area contributed by atoms with Gasteiger partial charge in [0.2, 0.25) is 0 Å². The fourth-order valence-corrected chi connectivity index (χ4v) is 1.63. The number of carbonyl (C=O) groups excluding carboxylic acids is 1. The highest BCUT2D eigenvalue weighted by atomic mass is 16.5. The summed E-state index contributed by atoms with van der Waals surface area (Å²) in [6.07, 6.45) is 0.395. The number of rotatable bonds is 7. The lowest BCUT2D eigenvalue weighted by molar-refractivity contribution is -0.136. The summed E-state index contributed by atoms with van der Waals surface area (Å²) in [5.41, 5.74) is 1.18. The molecule has 5 heteroatoms. The summed E-state index contributed by atoms with van der Waals surface area (Å²) in [6, 6.07) is 4.93. The Bertz CT molecular complexity index is 453. The lowest BCUT2D eigenvalue weighted by atomic mass is 10.1. The van der Waals surface area contributed by atoms with Crippen LogP contribution in [-0.4, -0.2) is 30.3 Å². The first-order chi connectivity index (χ1) is 9.08. The molecule has 5 nitrogen and oxygen atoms in total. The first-order valence-corrected chi connectivity index (χ1v) is 6.23. The second kappa shape index (κ2) is 7.41. The van der Waals surface area contributed by atoms with Gasteiger partial charge in [-0.3, -0.25) is 4.79 Å².